The number of hydrogen-bond donors (Lipinski definition) is 1. The number of anilines is 1. The number of carbonyl (C=O) groups excluding carboxylic acids is 1. The number of carbonyl (C=O) groups is 1. The lowest BCUT2D eigenvalue weighted by molar-refractivity contribution is -0.112. The Balaban J connectivity index is 1.94. The second kappa shape index (κ2) is 7.90. The predicted octanol–water partition coefficient (Wildman–Crippen LogP) is 3.72. The molecule has 6 nitrogen and oxygen atoms in total. The molecule has 3 aromatic rings. The fourth-order valence-electron chi connectivity index (χ4n) is 2.80. The number of amides is 1. The number of nitriles is 2. The molecule has 1 heterocycles. The SMILES string of the molecule is COc1cccc(NC(=O)/C(C#N)=C\c2cn(CC#N)c3ccccc23)c1. The summed E-state index contributed by atoms with van der Waals surface area (Å²) in [7, 11) is 1.54. The van der Waals surface area contributed by atoms with Gasteiger partial charge in [-0.05, 0) is 24.3 Å². The molecule has 27 heavy (non-hydrogen) atoms. The second-order valence-corrected chi connectivity index (χ2v) is 5.74. The average Bonchev–Trinajstić information content (AvgIpc) is 3.04. The van der Waals surface area contributed by atoms with E-state index in [4.69, 9.17) is 10.00 Å². The molecule has 3 rings (SSSR count). The number of fused-ring (bicyclic) bond motifs is 1. The molecule has 0 aliphatic carbocycles. The van der Waals surface area contributed by atoms with E-state index in [-0.39, 0.29) is 12.1 Å². The third-order valence-corrected chi connectivity index (χ3v) is 4.05. The summed E-state index contributed by atoms with van der Waals surface area (Å²) < 4.78 is 6.92. The van der Waals surface area contributed by atoms with E-state index < -0.39 is 5.91 Å². The molecule has 0 radical (unpaired) electrons. The Hall–Kier alpha value is -4.03. The first-order valence-electron chi connectivity index (χ1n) is 8.18. The summed E-state index contributed by atoms with van der Waals surface area (Å²) in [5, 5.41) is 22.0. The van der Waals surface area contributed by atoms with Crippen LogP contribution in [0.2, 0.25) is 0 Å². The molecule has 1 amide bonds. The molecule has 132 valence electrons. The lowest BCUT2D eigenvalue weighted by atomic mass is 10.1. The standard InChI is InChI=1S/C21H16N4O2/c1-27-18-6-4-5-17(12-18)24-21(26)15(13-23)11-16-14-25(10-9-22)20-8-3-2-7-19(16)20/h2-8,11-12,14H,10H2,1H3,(H,24,26)/b15-11-. The zero-order chi connectivity index (χ0) is 19.2. The van der Waals surface area contributed by atoms with Crippen LogP contribution in [-0.4, -0.2) is 17.6 Å². The van der Waals surface area contributed by atoms with Crippen molar-refractivity contribution in [3.8, 4) is 17.9 Å². The van der Waals surface area contributed by atoms with Crippen molar-refractivity contribution in [2.75, 3.05) is 12.4 Å². The summed E-state index contributed by atoms with van der Waals surface area (Å²) in [5.41, 5.74) is 2.08. The van der Waals surface area contributed by atoms with E-state index in [1.807, 2.05) is 30.3 Å². The Morgan fingerprint density at radius 1 is 1.22 bits per heavy atom. The van der Waals surface area contributed by atoms with Crippen LogP contribution in [0.4, 0.5) is 5.69 Å². The third-order valence-electron chi connectivity index (χ3n) is 4.05. The first kappa shape index (κ1) is 17.8. The molecule has 2 aromatic carbocycles. The number of rotatable bonds is 5. The van der Waals surface area contributed by atoms with Gasteiger partial charge in [0, 0.05) is 34.4 Å². The normalized spacial score (nSPS) is 10.9. The molecule has 0 atom stereocenters. The zero-order valence-electron chi connectivity index (χ0n) is 14.6. The van der Waals surface area contributed by atoms with Gasteiger partial charge in [-0.2, -0.15) is 10.5 Å². The summed E-state index contributed by atoms with van der Waals surface area (Å²) in [4.78, 5) is 12.5. The molecule has 1 aromatic heterocycles. The molecule has 0 saturated carbocycles. The topological polar surface area (TPSA) is 90.8 Å². The van der Waals surface area contributed by atoms with Gasteiger partial charge in [-0.25, -0.2) is 0 Å². The quantitative estimate of drug-likeness (QED) is 0.557. The molecule has 0 aliphatic rings. The Morgan fingerprint density at radius 2 is 2.04 bits per heavy atom. The number of hydrogen-bond acceptors (Lipinski definition) is 4. The molecular weight excluding hydrogens is 340 g/mol. The minimum atomic E-state index is -0.511. The van der Waals surface area contributed by atoms with Gasteiger partial charge in [-0.3, -0.25) is 4.79 Å². The molecule has 1 N–H and O–H groups in total. The fraction of sp³-hybridized carbons (Fsp3) is 0.0952. The summed E-state index contributed by atoms with van der Waals surface area (Å²) in [5.74, 6) is 0.0951. The van der Waals surface area contributed by atoms with E-state index in [0.717, 1.165) is 10.9 Å². The Labute approximate surface area is 156 Å². The highest BCUT2D eigenvalue weighted by atomic mass is 16.5. The molecule has 0 fully saturated rings. The van der Waals surface area contributed by atoms with Gasteiger partial charge in [0.05, 0.1) is 13.2 Å². The monoisotopic (exact) mass is 356 g/mol. The molecule has 6 heteroatoms. The number of para-hydroxylation sites is 1. The van der Waals surface area contributed by atoms with Crippen LogP contribution in [0.1, 0.15) is 5.56 Å². The molecular formula is C21H16N4O2. The highest BCUT2D eigenvalue weighted by molar-refractivity contribution is 6.10. The molecule has 0 bridgehead atoms. The van der Waals surface area contributed by atoms with Crippen LogP contribution < -0.4 is 10.1 Å². The minimum absolute atomic E-state index is 0.0299. The van der Waals surface area contributed by atoms with E-state index in [1.54, 1.807) is 42.1 Å². The van der Waals surface area contributed by atoms with E-state index in [2.05, 4.69) is 11.4 Å². The van der Waals surface area contributed by atoms with Crippen molar-refractivity contribution in [3.63, 3.8) is 0 Å². The van der Waals surface area contributed by atoms with Crippen molar-refractivity contribution in [2.45, 2.75) is 6.54 Å². The lowest BCUT2D eigenvalue weighted by Crippen LogP contribution is -2.13. The zero-order valence-corrected chi connectivity index (χ0v) is 14.6. The smallest absolute Gasteiger partial charge is 0.266 e. The minimum Gasteiger partial charge on any atom is -0.497 e. The summed E-state index contributed by atoms with van der Waals surface area (Å²) in [6, 6.07) is 18.5. The largest absolute Gasteiger partial charge is 0.497 e. The average molecular weight is 356 g/mol. The van der Waals surface area contributed by atoms with Gasteiger partial charge in [0.15, 0.2) is 0 Å². The molecule has 0 aliphatic heterocycles. The van der Waals surface area contributed by atoms with Gasteiger partial charge in [-0.15, -0.1) is 0 Å². The van der Waals surface area contributed by atoms with Crippen molar-refractivity contribution in [1.82, 2.24) is 4.57 Å². The van der Waals surface area contributed by atoms with Gasteiger partial charge in [0.1, 0.15) is 23.9 Å². The van der Waals surface area contributed by atoms with E-state index >= 15 is 0 Å². The highest BCUT2D eigenvalue weighted by Gasteiger charge is 2.13. The van der Waals surface area contributed by atoms with Gasteiger partial charge >= 0.3 is 0 Å². The number of nitrogens with zero attached hydrogens (tertiary/aromatic N) is 3. The van der Waals surface area contributed by atoms with Gasteiger partial charge in [-0.1, -0.05) is 24.3 Å². The third kappa shape index (κ3) is 3.81. The molecule has 0 unspecified atom stereocenters. The van der Waals surface area contributed by atoms with E-state index in [1.165, 1.54) is 6.08 Å². The van der Waals surface area contributed by atoms with Crippen molar-refractivity contribution in [1.29, 1.82) is 10.5 Å². The summed E-state index contributed by atoms with van der Waals surface area (Å²) in [6.07, 6.45) is 3.30. The van der Waals surface area contributed by atoms with Crippen LogP contribution in [-0.2, 0) is 11.3 Å². The van der Waals surface area contributed by atoms with Crippen molar-refractivity contribution < 1.29 is 9.53 Å². The maximum atomic E-state index is 12.5. The van der Waals surface area contributed by atoms with Crippen LogP contribution in [0.5, 0.6) is 5.75 Å². The lowest BCUT2D eigenvalue weighted by Gasteiger charge is -2.06. The van der Waals surface area contributed by atoms with Gasteiger partial charge in [0.2, 0.25) is 0 Å². The summed E-state index contributed by atoms with van der Waals surface area (Å²) in [6.45, 7) is 0.187. The fourth-order valence-corrected chi connectivity index (χ4v) is 2.80. The molecule has 0 saturated heterocycles. The van der Waals surface area contributed by atoms with E-state index in [0.29, 0.717) is 17.0 Å². The Morgan fingerprint density at radius 3 is 2.78 bits per heavy atom. The number of aromatic nitrogens is 1. The van der Waals surface area contributed by atoms with Crippen LogP contribution in [0, 0.1) is 22.7 Å². The van der Waals surface area contributed by atoms with Crippen LogP contribution in [0.25, 0.3) is 17.0 Å². The number of methoxy groups -OCH3 is 1. The van der Waals surface area contributed by atoms with Crippen molar-refractivity contribution in [2.24, 2.45) is 0 Å². The second-order valence-electron chi connectivity index (χ2n) is 5.74. The maximum Gasteiger partial charge on any atom is 0.266 e. The van der Waals surface area contributed by atoms with Crippen molar-refractivity contribution >= 4 is 28.6 Å². The predicted molar refractivity (Wildman–Crippen MR) is 103 cm³/mol. The summed E-state index contributed by atoms with van der Waals surface area (Å²) >= 11 is 0. The van der Waals surface area contributed by atoms with Crippen LogP contribution in [0.3, 0.4) is 0 Å². The van der Waals surface area contributed by atoms with Crippen LogP contribution >= 0.6 is 0 Å². The first-order valence-corrected chi connectivity index (χ1v) is 8.18. The Bertz CT molecular complexity index is 1110. The first-order chi connectivity index (χ1) is 13.2. The number of nitrogens with one attached hydrogen (secondary N) is 1. The maximum absolute atomic E-state index is 12.5. The number of ether oxygens (including phenoxy) is 1. The van der Waals surface area contributed by atoms with Crippen molar-refractivity contribution in [3.05, 3.63) is 65.9 Å². The van der Waals surface area contributed by atoms with Gasteiger partial charge < -0.3 is 14.6 Å². The van der Waals surface area contributed by atoms with Gasteiger partial charge in [0.25, 0.3) is 5.91 Å². The Kier molecular flexibility index (Phi) is 5.20. The van der Waals surface area contributed by atoms with E-state index in [9.17, 15) is 10.1 Å². The highest BCUT2D eigenvalue weighted by Crippen LogP contribution is 2.24. The number of benzene rings is 2. The molecule has 0 spiro atoms. The van der Waals surface area contributed by atoms with Crippen LogP contribution in [0.15, 0.2) is 60.3 Å².